The largest absolute Gasteiger partial charge is 0.505 e. The Labute approximate surface area is 478 Å². The van der Waals surface area contributed by atoms with Gasteiger partial charge >= 0.3 is 16.6 Å². The van der Waals surface area contributed by atoms with Gasteiger partial charge < -0.3 is 32.3 Å². The number of phenols is 1. The number of carboxylic acid groups (broad SMARTS) is 1. The number of benzene rings is 7. The first-order valence-electron chi connectivity index (χ1n) is 22.5. The van der Waals surface area contributed by atoms with Crippen LogP contribution in [0.5, 0.6) is 5.75 Å². The first kappa shape index (κ1) is 61.4. The summed E-state index contributed by atoms with van der Waals surface area (Å²) in [5, 5.41) is 62.8. The Balaban J connectivity index is 0.00000240. The molecule has 7 aromatic carbocycles. The molecule has 31 nitrogen and oxygen atoms in total. The third-order valence-electron chi connectivity index (χ3n) is 10.6. The normalized spacial score (nSPS) is 11.9. The molecule has 83 heavy (non-hydrogen) atoms. The molecular formula is C46H37ClN14O17S5. The number of aromatic hydroxyl groups is 1. The van der Waals surface area contributed by atoms with Gasteiger partial charge in [0.15, 0.2) is 27.9 Å². The van der Waals surface area contributed by atoms with Crippen LogP contribution in [0.1, 0.15) is 10.4 Å². The fourth-order valence-electron chi connectivity index (χ4n) is 6.92. The summed E-state index contributed by atoms with van der Waals surface area (Å²) in [5.41, 5.74) is 14.0. The van der Waals surface area contributed by atoms with Gasteiger partial charge in [-0.15, -0.1) is 37.4 Å². The first-order chi connectivity index (χ1) is 39.4. The Morgan fingerprint density at radius 3 is 1.89 bits per heavy atom. The average molecular weight is 1250 g/mol. The van der Waals surface area contributed by atoms with Crippen LogP contribution in [0, 0.1) is 0 Å². The molecule has 37 heteroatoms. The standard InChI is InChI=1S/C46H37ClN14O14S4.O3S/c47-44-52-45(54-46(53-44)51-36-4-2-1-3-33(36)43(63)64)50-28-11-18-37(35(49)23-28)57-55-25-5-7-27(8-6-25)61-78(68,69)29-12-9-26(10-13-29)56-59-39-20-16-31-32(42(39)62)15-17-34(48)41(31)60-58-38-19-14-30(24-40(38)79(70,71)72)77(66,67)22-21-73-76-75-74-65;1-4(2)3/h1-20,23-24,61-62,65H,21-22,48-49H2,(H,63,64)(H,70,71,72)(H2,50,51,52,53,54);. The Hall–Kier alpha value is -9.21. The molecule has 0 saturated carbocycles. The fourth-order valence-corrected chi connectivity index (χ4v) is 10.3. The minimum atomic E-state index is -5.06. The van der Waals surface area contributed by atoms with Crippen molar-refractivity contribution in [2.24, 2.45) is 30.7 Å². The van der Waals surface area contributed by atoms with E-state index in [-0.39, 0.29) is 96.3 Å². The zero-order valence-electron chi connectivity index (χ0n) is 41.3. The number of aromatic carboxylic acids is 1. The van der Waals surface area contributed by atoms with Crippen molar-refractivity contribution in [1.82, 2.24) is 15.0 Å². The number of sulfone groups is 1. The van der Waals surface area contributed by atoms with Crippen LogP contribution in [-0.4, -0.2) is 91.2 Å². The molecule has 11 N–H and O–H groups in total. The lowest BCUT2D eigenvalue weighted by Gasteiger charge is -2.11. The number of nitrogen functional groups attached to an aromatic ring is 2. The smallest absolute Gasteiger partial charge is 0.425 e. The van der Waals surface area contributed by atoms with Gasteiger partial charge in [-0.2, -0.15) is 33.6 Å². The maximum Gasteiger partial charge on any atom is 0.425 e. The van der Waals surface area contributed by atoms with Crippen molar-refractivity contribution in [3.8, 4) is 5.75 Å². The molecule has 0 aliphatic carbocycles. The molecule has 0 atom stereocenters. The third-order valence-corrected chi connectivity index (χ3v) is 15.1. The molecule has 8 aromatic rings. The second-order valence-corrected chi connectivity index (χ2v) is 22.5. The number of aromatic nitrogens is 3. The molecule has 0 saturated heterocycles. The zero-order valence-corrected chi connectivity index (χ0v) is 46.1. The van der Waals surface area contributed by atoms with E-state index in [4.69, 9.17) is 45.1 Å². The number of sulfonamides is 1. The molecule has 8 rings (SSSR count). The van der Waals surface area contributed by atoms with Gasteiger partial charge in [0.1, 0.15) is 27.6 Å². The van der Waals surface area contributed by atoms with Crippen LogP contribution in [0.4, 0.5) is 74.5 Å². The lowest BCUT2D eigenvalue weighted by Crippen LogP contribution is -2.12. The summed E-state index contributed by atoms with van der Waals surface area (Å²) in [5.74, 6) is -2.16. The van der Waals surface area contributed by atoms with Gasteiger partial charge in [0.25, 0.3) is 20.1 Å². The van der Waals surface area contributed by atoms with E-state index in [1.807, 2.05) is 0 Å². The van der Waals surface area contributed by atoms with Crippen LogP contribution >= 0.6 is 23.9 Å². The molecule has 0 amide bonds. The van der Waals surface area contributed by atoms with E-state index >= 15 is 0 Å². The van der Waals surface area contributed by atoms with E-state index in [1.54, 1.807) is 36.4 Å². The molecule has 0 spiro atoms. The number of nitrogens with zero attached hydrogens (tertiary/aromatic N) is 9. The zero-order chi connectivity index (χ0) is 60.1. The van der Waals surface area contributed by atoms with Crippen LogP contribution in [0.3, 0.4) is 0 Å². The number of hydrogen-bond acceptors (Lipinski definition) is 29. The Morgan fingerprint density at radius 2 is 1.24 bits per heavy atom. The number of halogens is 1. The van der Waals surface area contributed by atoms with Gasteiger partial charge in [0.05, 0.1) is 56.2 Å². The lowest BCUT2D eigenvalue weighted by molar-refractivity contribution is -0.434. The highest BCUT2D eigenvalue weighted by molar-refractivity contribution is 7.92. The number of anilines is 7. The molecular weight excluding hydrogens is 1220 g/mol. The number of carboxylic acids is 1. The molecule has 0 unspecified atom stereocenters. The molecule has 1 aromatic heterocycles. The molecule has 430 valence electrons. The maximum absolute atomic E-state index is 13.3. The Kier molecular flexibility index (Phi) is 20.0. The number of nitrogens with one attached hydrogen (secondary N) is 3. The van der Waals surface area contributed by atoms with Crippen LogP contribution < -0.4 is 26.8 Å². The Bertz CT molecular complexity index is 4320. The van der Waals surface area contributed by atoms with Gasteiger partial charge in [0, 0.05) is 22.1 Å². The van der Waals surface area contributed by atoms with Gasteiger partial charge in [-0.3, -0.25) is 13.5 Å². The topological polar surface area (TPSA) is 480 Å². The van der Waals surface area contributed by atoms with E-state index in [0.29, 0.717) is 23.1 Å². The maximum atomic E-state index is 13.3. The highest BCUT2D eigenvalue weighted by Crippen LogP contribution is 2.43. The number of nitrogens with two attached hydrogens (primary N) is 2. The van der Waals surface area contributed by atoms with Crippen LogP contribution in [0.15, 0.2) is 179 Å². The lowest BCUT2D eigenvalue weighted by atomic mass is 10.1. The average Bonchev–Trinajstić information content (AvgIpc) is 3.62. The van der Waals surface area contributed by atoms with Crippen molar-refractivity contribution in [2.45, 2.75) is 14.7 Å². The number of rotatable bonds is 22. The molecule has 0 aliphatic heterocycles. The summed E-state index contributed by atoms with van der Waals surface area (Å²) in [6, 6.07) is 30.7. The first-order valence-corrected chi connectivity index (χ1v) is 29.1. The molecule has 0 aliphatic rings. The number of carbonyl (C=O) groups is 1. The van der Waals surface area contributed by atoms with Gasteiger partial charge in [0.2, 0.25) is 17.2 Å². The van der Waals surface area contributed by atoms with E-state index in [0.717, 1.165) is 12.1 Å². The number of hydrogen-bond donors (Lipinski definition) is 9. The monoisotopic (exact) mass is 1250 g/mol. The van der Waals surface area contributed by atoms with Crippen molar-refractivity contribution in [2.75, 3.05) is 39.2 Å². The van der Waals surface area contributed by atoms with E-state index in [9.17, 15) is 44.8 Å². The van der Waals surface area contributed by atoms with E-state index in [1.165, 1.54) is 78.9 Å². The summed E-state index contributed by atoms with van der Waals surface area (Å²) < 4.78 is 123. The fraction of sp³-hybridized carbons (Fsp3) is 0.0435. The summed E-state index contributed by atoms with van der Waals surface area (Å²) in [4.78, 5) is 22.4. The SMILES string of the molecule is Nc1cc(Nc2nc(Cl)nc(Nc3ccccc3C(=O)O)n2)ccc1N=Nc1ccc(NS(=O)(=O)c2ccc(N=Nc3ccc4c(N=Nc5ccc(S(=O)(=O)CCOSOOO)cc5S(=O)(=O)O)c(N)ccc4c3O)cc2)cc1.O=S(=O)=O. The second kappa shape index (κ2) is 27.0. The molecule has 0 radical (unpaired) electrons. The van der Waals surface area contributed by atoms with Crippen molar-refractivity contribution < 1.29 is 76.3 Å². The number of para-hydroxylation sites is 1. The summed E-state index contributed by atoms with van der Waals surface area (Å²) >= 11 is 6.26. The molecule has 1 heterocycles. The van der Waals surface area contributed by atoms with Gasteiger partial charge in [-0.1, -0.05) is 17.2 Å². The third kappa shape index (κ3) is 16.7. The quantitative estimate of drug-likeness (QED) is 0.00579. The van der Waals surface area contributed by atoms with Gasteiger partial charge in [-0.25, -0.2) is 26.9 Å². The van der Waals surface area contributed by atoms with Crippen molar-refractivity contribution in [3.63, 3.8) is 0 Å². The Morgan fingerprint density at radius 1 is 0.663 bits per heavy atom. The minimum Gasteiger partial charge on any atom is -0.505 e. The van der Waals surface area contributed by atoms with Crippen molar-refractivity contribution in [1.29, 1.82) is 0 Å². The highest BCUT2D eigenvalue weighted by atomic mass is 35.5. The summed E-state index contributed by atoms with van der Waals surface area (Å²) in [6.07, 6.45) is 0. The van der Waals surface area contributed by atoms with E-state index < -0.39 is 74.4 Å². The summed E-state index contributed by atoms with van der Waals surface area (Å²) in [7, 11) is -16.5. The van der Waals surface area contributed by atoms with Crippen LogP contribution in [-0.2, 0) is 54.1 Å². The van der Waals surface area contributed by atoms with E-state index in [2.05, 4.69) is 70.4 Å². The predicted molar refractivity (Wildman–Crippen MR) is 298 cm³/mol. The second-order valence-electron chi connectivity index (χ2n) is 16.1. The van der Waals surface area contributed by atoms with Crippen molar-refractivity contribution >= 4 is 156 Å². The van der Waals surface area contributed by atoms with Crippen LogP contribution in [0.2, 0.25) is 5.28 Å². The highest BCUT2D eigenvalue weighted by Gasteiger charge is 2.23. The van der Waals surface area contributed by atoms with Gasteiger partial charge in [-0.05, 0) is 133 Å². The minimum absolute atomic E-state index is 0.00314. The van der Waals surface area contributed by atoms with Crippen molar-refractivity contribution in [3.05, 3.63) is 144 Å². The molecule has 0 bridgehead atoms. The molecule has 0 fully saturated rings. The predicted octanol–water partition coefficient (Wildman–Crippen LogP) is 9.80. The number of phenolic OH excluding ortho intramolecular Hbond substituents is 1. The number of fused-ring (bicyclic) bond motifs is 1. The van der Waals surface area contributed by atoms with Crippen LogP contribution in [0.25, 0.3) is 10.8 Å². The summed E-state index contributed by atoms with van der Waals surface area (Å²) in [6.45, 7) is -0.465. The number of azo groups is 3.